The normalized spacial score (nSPS) is 11.4. The fourth-order valence-corrected chi connectivity index (χ4v) is 0.861. The third kappa shape index (κ3) is 1.81. The largest absolute Gasteiger partial charge is 0.489 e. The number of hydrogen-bond acceptors (Lipinski definition) is 2. The van der Waals surface area contributed by atoms with Crippen LogP contribution in [0.15, 0.2) is 18.3 Å². The molecule has 0 aliphatic heterocycles. The molecule has 0 atom stereocenters. The Kier molecular flexibility index (Phi) is 2.28. The summed E-state index contributed by atoms with van der Waals surface area (Å²) in [6, 6.07) is 2.13. The number of nitrogens with two attached hydrogens (primary N) is 1. The first kappa shape index (κ1) is 9.59. The summed E-state index contributed by atoms with van der Waals surface area (Å²) >= 11 is 0. The maximum Gasteiger partial charge on any atom is 0.489 e. The molecule has 0 aromatic carbocycles. The van der Waals surface area contributed by atoms with Crippen molar-refractivity contribution in [2.45, 2.75) is 6.30 Å². The second kappa shape index (κ2) is 3.09. The van der Waals surface area contributed by atoms with Crippen LogP contribution in [-0.4, -0.2) is 10.5 Å². The Balaban J connectivity index is 3.10. The highest BCUT2D eigenvalue weighted by Gasteiger charge is 2.33. The second-order valence-electron chi connectivity index (χ2n) is 2.20. The van der Waals surface area contributed by atoms with Gasteiger partial charge in [0.2, 0.25) is 0 Å². The molecule has 7 heteroatoms. The van der Waals surface area contributed by atoms with Gasteiger partial charge in [0.05, 0.1) is 0 Å². The van der Waals surface area contributed by atoms with Crippen molar-refractivity contribution in [3.63, 3.8) is 0 Å². The molecule has 13 heavy (non-hydrogen) atoms. The quantitative estimate of drug-likeness (QED) is 0.389. The topological polar surface area (TPSA) is 60.0 Å². The summed E-state index contributed by atoms with van der Waals surface area (Å²) in [5.74, 6) is 3.71. The van der Waals surface area contributed by atoms with Gasteiger partial charge in [-0.05, 0) is 12.1 Å². The minimum atomic E-state index is -4.61. The molecule has 1 rings (SSSR count). The van der Waals surface area contributed by atoms with Crippen LogP contribution in [0.5, 0.6) is 0 Å². The zero-order chi connectivity index (χ0) is 10.1. The molecular weight excluding hydrogens is 187 g/mol. The number of alkyl halides is 3. The number of halogens is 3. The number of nitrogens with one attached hydrogen (secondary N) is 1. The Morgan fingerprint density at radius 2 is 2.15 bits per heavy atom. The van der Waals surface area contributed by atoms with Crippen molar-refractivity contribution in [3.05, 3.63) is 24.0 Å². The fourth-order valence-electron chi connectivity index (χ4n) is 0.861. The van der Waals surface area contributed by atoms with Gasteiger partial charge in [-0.3, -0.25) is 14.8 Å². The van der Waals surface area contributed by atoms with Gasteiger partial charge in [-0.25, -0.2) is 5.84 Å². The number of nitrogen functional groups attached to an aromatic ring is 1. The van der Waals surface area contributed by atoms with Crippen molar-refractivity contribution in [2.75, 3.05) is 0 Å². The van der Waals surface area contributed by atoms with E-state index in [1.54, 1.807) is 5.43 Å². The highest BCUT2D eigenvalue weighted by atomic mass is 19.4. The zero-order valence-electron chi connectivity index (χ0n) is 6.30. The van der Waals surface area contributed by atoms with E-state index in [-0.39, 0.29) is 4.57 Å². The average Bonchev–Trinajstić information content (AvgIpc) is 2.49. The Morgan fingerprint density at radius 3 is 2.62 bits per heavy atom. The van der Waals surface area contributed by atoms with Gasteiger partial charge < -0.3 is 0 Å². The number of amides is 1. The van der Waals surface area contributed by atoms with Crippen LogP contribution in [0.25, 0.3) is 0 Å². The van der Waals surface area contributed by atoms with Crippen molar-refractivity contribution in [1.82, 2.24) is 9.99 Å². The number of hydrogen-bond donors (Lipinski definition) is 2. The predicted molar refractivity (Wildman–Crippen MR) is 37.4 cm³/mol. The third-order valence-corrected chi connectivity index (χ3v) is 1.39. The third-order valence-electron chi connectivity index (χ3n) is 1.39. The number of hydrazine groups is 1. The van der Waals surface area contributed by atoms with Crippen molar-refractivity contribution in [3.8, 4) is 0 Å². The molecule has 3 N–H and O–H groups in total. The van der Waals surface area contributed by atoms with Crippen LogP contribution in [0.4, 0.5) is 13.2 Å². The molecule has 0 aliphatic carbocycles. The highest BCUT2D eigenvalue weighted by molar-refractivity contribution is 5.92. The number of nitrogens with zero attached hydrogens (tertiary/aromatic N) is 1. The molecule has 4 nitrogen and oxygen atoms in total. The van der Waals surface area contributed by atoms with Crippen LogP contribution in [0.3, 0.4) is 0 Å². The van der Waals surface area contributed by atoms with E-state index in [0.29, 0.717) is 0 Å². The minimum absolute atomic E-state index is 0.116. The van der Waals surface area contributed by atoms with Crippen LogP contribution in [-0.2, 0) is 6.30 Å². The molecule has 72 valence electrons. The standard InChI is InChI=1S/C6H6F3N3O/c7-6(8,9)12-3-1-2-4(12)5(13)11-10/h1-3H,10H2,(H,11,13). The zero-order valence-corrected chi connectivity index (χ0v) is 6.30. The maximum absolute atomic E-state index is 12.1. The van der Waals surface area contributed by atoms with Gasteiger partial charge in [0.1, 0.15) is 5.69 Å². The lowest BCUT2D eigenvalue weighted by molar-refractivity contribution is -0.204. The highest BCUT2D eigenvalue weighted by Crippen LogP contribution is 2.24. The van der Waals surface area contributed by atoms with Crippen molar-refractivity contribution in [1.29, 1.82) is 0 Å². The predicted octanol–water partition coefficient (Wildman–Crippen LogP) is 0.568. The molecule has 0 saturated heterocycles. The summed E-state index contributed by atoms with van der Waals surface area (Å²) in [6.07, 6.45) is -3.87. The smallest absolute Gasteiger partial charge is 0.289 e. The summed E-state index contributed by atoms with van der Waals surface area (Å²) in [6.45, 7) is 0. The number of aromatic nitrogens is 1. The van der Waals surface area contributed by atoms with Crippen molar-refractivity contribution >= 4 is 5.91 Å². The Labute approximate surface area is 71.1 Å². The van der Waals surface area contributed by atoms with Crippen LogP contribution in [0.1, 0.15) is 10.5 Å². The minimum Gasteiger partial charge on any atom is -0.289 e. The summed E-state index contributed by atoms with van der Waals surface area (Å²) < 4.78 is 36.2. The lowest BCUT2D eigenvalue weighted by Gasteiger charge is -2.10. The van der Waals surface area contributed by atoms with Gasteiger partial charge in [0.15, 0.2) is 0 Å². The fraction of sp³-hybridized carbons (Fsp3) is 0.167. The van der Waals surface area contributed by atoms with E-state index in [1.165, 1.54) is 0 Å². The number of rotatable bonds is 1. The van der Waals surface area contributed by atoms with E-state index in [0.717, 1.165) is 18.3 Å². The Hall–Kier alpha value is -1.50. The van der Waals surface area contributed by atoms with E-state index in [1.807, 2.05) is 0 Å². The van der Waals surface area contributed by atoms with Gasteiger partial charge in [-0.2, -0.15) is 0 Å². The van der Waals surface area contributed by atoms with E-state index in [4.69, 9.17) is 5.84 Å². The van der Waals surface area contributed by atoms with Crippen LogP contribution in [0.2, 0.25) is 0 Å². The van der Waals surface area contributed by atoms with Gasteiger partial charge >= 0.3 is 6.30 Å². The monoisotopic (exact) mass is 193 g/mol. The lowest BCUT2D eigenvalue weighted by atomic mass is 10.4. The van der Waals surface area contributed by atoms with Crippen molar-refractivity contribution < 1.29 is 18.0 Å². The molecule has 0 saturated carbocycles. The maximum atomic E-state index is 12.1. The lowest BCUT2D eigenvalue weighted by Crippen LogP contribution is -2.33. The Morgan fingerprint density at radius 1 is 1.54 bits per heavy atom. The summed E-state index contributed by atoms with van der Waals surface area (Å²) in [7, 11) is 0. The SMILES string of the molecule is NNC(=O)c1cccn1C(F)(F)F. The summed E-state index contributed by atoms with van der Waals surface area (Å²) in [5, 5.41) is 0. The first-order valence-corrected chi connectivity index (χ1v) is 3.22. The van der Waals surface area contributed by atoms with Crippen LogP contribution >= 0.6 is 0 Å². The number of carbonyl (C=O) groups excluding carboxylic acids is 1. The molecule has 0 spiro atoms. The molecule has 0 unspecified atom stereocenters. The van der Waals surface area contributed by atoms with E-state index >= 15 is 0 Å². The molecule has 0 fully saturated rings. The second-order valence-corrected chi connectivity index (χ2v) is 2.20. The van der Waals surface area contributed by atoms with E-state index in [9.17, 15) is 18.0 Å². The molecule has 1 aromatic heterocycles. The molecular formula is C6H6F3N3O. The molecule has 0 bridgehead atoms. The van der Waals surface area contributed by atoms with E-state index in [2.05, 4.69) is 0 Å². The van der Waals surface area contributed by atoms with Gasteiger partial charge in [0.25, 0.3) is 5.91 Å². The van der Waals surface area contributed by atoms with Gasteiger partial charge in [-0.1, -0.05) is 0 Å². The van der Waals surface area contributed by atoms with Gasteiger partial charge in [0, 0.05) is 6.20 Å². The molecule has 0 aliphatic rings. The molecule has 1 heterocycles. The number of carbonyl (C=O) groups is 1. The van der Waals surface area contributed by atoms with Crippen LogP contribution < -0.4 is 11.3 Å². The molecule has 1 aromatic rings. The first-order chi connectivity index (χ1) is 5.96. The van der Waals surface area contributed by atoms with Crippen molar-refractivity contribution in [2.24, 2.45) is 5.84 Å². The van der Waals surface area contributed by atoms with E-state index < -0.39 is 17.9 Å². The molecule has 1 amide bonds. The molecule has 0 radical (unpaired) electrons. The Bertz CT molecular complexity index is 317. The van der Waals surface area contributed by atoms with Gasteiger partial charge in [-0.15, -0.1) is 13.2 Å². The first-order valence-electron chi connectivity index (χ1n) is 3.22. The summed E-state index contributed by atoms with van der Waals surface area (Å²) in [5.41, 5.74) is 1.07. The van der Waals surface area contributed by atoms with Crippen LogP contribution in [0, 0.1) is 0 Å². The average molecular weight is 193 g/mol. The summed E-state index contributed by atoms with van der Waals surface area (Å²) in [4.78, 5) is 10.8.